The molecule has 0 saturated heterocycles. The first-order chi connectivity index (χ1) is 10.1. The number of halogens is 1. The van der Waals surface area contributed by atoms with Crippen molar-refractivity contribution in [3.63, 3.8) is 0 Å². The highest BCUT2D eigenvalue weighted by molar-refractivity contribution is 9.10. The maximum Gasteiger partial charge on any atom is 0.380 e. The molecular weight excluding hydrogens is 332 g/mol. The Balaban J connectivity index is 1.95. The maximum absolute atomic E-state index is 11.6. The number of amidine groups is 1. The van der Waals surface area contributed by atoms with Gasteiger partial charge in [0.15, 0.2) is 0 Å². The molecule has 0 heterocycles. The molecule has 106 valence electrons. The Kier molecular flexibility index (Phi) is 5.29. The summed E-state index contributed by atoms with van der Waals surface area (Å²) in [5.74, 6) is -0.261. The molecule has 2 aromatic rings. The smallest absolute Gasteiger partial charge is 0.284 e. The van der Waals surface area contributed by atoms with Crippen molar-refractivity contribution in [2.24, 2.45) is 5.73 Å². The molecule has 0 unspecified atom stereocenters. The van der Waals surface area contributed by atoms with Gasteiger partial charge in [-0.2, -0.15) is 0 Å². The summed E-state index contributed by atoms with van der Waals surface area (Å²) in [6, 6.07) is 16.8. The molecule has 0 bridgehead atoms. The lowest BCUT2D eigenvalue weighted by Gasteiger charge is -1.96. The third kappa shape index (κ3) is 4.89. The molecule has 0 aliphatic heterocycles. The summed E-state index contributed by atoms with van der Waals surface area (Å²) in [6.07, 6.45) is 3.00. The largest absolute Gasteiger partial charge is 0.380 e. The first-order valence-corrected chi connectivity index (χ1v) is 7.03. The number of hydrogen-bond donors (Lipinski definition) is 2. The lowest BCUT2D eigenvalue weighted by atomic mass is 10.2. The van der Waals surface area contributed by atoms with Gasteiger partial charge in [0.1, 0.15) is 0 Å². The van der Waals surface area contributed by atoms with Crippen molar-refractivity contribution in [2.75, 3.05) is 0 Å². The number of benzene rings is 2. The molecule has 2 rings (SSSR count). The van der Waals surface area contributed by atoms with Gasteiger partial charge in [0.2, 0.25) is 0 Å². The molecule has 0 saturated carbocycles. The Morgan fingerprint density at radius 3 is 2.43 bits per heavy atom. The molecule has 5 heteroatoms. The van der Waals surface area contributed by atoms with E-state index < -0.39 is 5.97 Å². The van der Waals surface area contributed by atoms with Crippen molar-refractivity contribution in [1.82, 2.24) is 0 Å². The van der Waals surface area contributed by atoms with Crippen LogP contribution in [0, 0.1) is 0 Å². The number of carbonyl (C=O) groups excluding carboxylic acids is 1. The molecule has 21 heavy (non-hydrogen) atoms. The molecular formula is C16H14BrN2O2+. The van der Waals surface area contributed by atoms with Crippen molar-refractivity contribution >= 4 is 33.8 Å². The van der Waals surface area contributed by atoms with Crippen LogP contribution in [0.2, 0.25) is 0 Å². The van der Waals surface area contributed by atoms with Crippen molar-refractivity contribution in [2.45, 2.75) is 0 Å². The molecule has 0 spiro atoms. The highest BCUT2D eigenvalue weighted by atomic mass is 79.9. The summed E-state index contributed by atoms with van der Waals surface area (Å²) in [7, 11) is 0. The highest BCUT2D eigenvalue weighted by Crippen LogP contribution is 2.09. The molecule has 0 amide bonds. The summed E-state index contributed by atoms with van der Waals surface area (Å²) in [5.41, 5.74) is 7.44. The van der Waals surface area contributed by atoms with E-state index in [1.165, 1.54) is 6.08 Å². The molecule has 2 aromatic carbocycles. The molecule has 0 atom stereocenters. The summed E-state index contributed by atoms with van der Waals surface area (Å²) in [5, 5.41) is 2.43. The van der Waals surface area contributed by atoms with Gasteiger partial charge in [-0.15, -0.1) is 0 Å². The standard InChI is InChI=1S/C16H13BrN2O2/c17-14-9-7-13(8-10-14)16(18)19-21-15(20)11-6-12-4-2-1-3-5-12/h1-11H,(H2,18,19)/p+1. The second kappa shape index (κ2) is 7.40. The van der Waals surface area contributed by atoms with Crippen LogP contribution < -0.4 is 10.9 Å². The minimum atomic E-state index is -0.529. The van der Waals surface area contributed by atoms with E-state index in [1.807, 2.05) is 42.5 Å². The average Bonchev–Trinajstić information content (AvgIpc) is 2.52. The second-order valence-corrected chi connectivity index (χ2v) is 5.10. The molecule has 0 aliphatic rings. The maximum atomic E-state index is 11.6. The SMILES string of the molecule is NC(=[NH+]OC(=O)C=Cc1ccccc1)c1ccc(Br)cc1. The van der Waals surface area contributed by atoms with E-state index in [0.717, 1.165) is 15.6 Å². The van der Waals surface area contributed by atoms with Gasteiger partial charge in [0, 0.05) is 10.5 Å². The van der Waals surface area contributed by atoms with Crippen LogP contribution in [-0.2, 0) is 9.63 Å². The van der Waals surface area contributed by atoms with E-state index in [-0.39, 0.29) is 5.84 Å². The Bertz CT molecular complexity index is 664. The van der Waals surface area contributed by atoms with Crippen LogP contribution >= 0.6 is 15.9 Å². The van der Waals surface area contributed by atoms with Gasteiger partial charge in [-0.25, -0.2) is 4.79 Å². The van der Waals surface area contributed by atoms with E-state index in [1.54, 1.807) is 18.2 Å². The molecule has 0 fully saturated rings. The van der Waals surface area contributed by atoms with Crippen LogP contribution in [0.15, 0.2) is 65.1 Å². The van der Waals surface area contributed by atoms with Gasteiger partial charge in [-0.1, -0.05) is 51.4 Å². The van der Waals surface area contributed by atoms with Crippen molar-refractivity contribution in [3.8, 4) is 0 Å². The topological polar surface area (TPSA) is 66.3 Å². The minimum Gasteiger partial charge on any atom is -0.284 e. The third-order valence-electron chi connectivity index (χ3n) is 2.63. The average molecular weight is 346 g/mol. The molecule has 3 N–H and O–H groups in total. The van der Waals surface area contributed by atoms with Gasteiger partial charge in [-0.05, 0) is 35.9 Å². The quantitative estimate of drug-likeness (QED) is 0.289. The van der Waals surface area contributed by atoms with E-state index in [4.69, 9.17) is 10.6 Å². The highest BCUT2D eigenvalue weighted by Gasteiger charge is 2.06. The lowest BCUT2D eigenvalue weighted by molar-refractivity contribution is -0.722. The molecule has 0 aromatic heterocycles. The number of nitrogens with one attached hydrogen (secondary N) is 1. The van der Waals surface area contributed by atoms with E-state index in [9.17, 15) is 4.79 Å². The lowest BCUT2D eigenvalue weighted by Crippen LogP contribution is -2.75. The van der Waals surface area contributed by atoms with Gasteiger partial charge in [-0.3, -0.25) is 10.6 Å². The van der Waals surface area contributed by atoms with Crippen LogP contribution in [-0.4, -0.2) is 11.8 Å². The Hall–Kier alpha value is -2.40. The molecule has 0 radical (unpaired) electrons. The fourth-order valence-electron chi connectivity index (χ4n) is 1.56. The van der Waals surface area contributed by atoms with Crippen molar-refractivity contribution in [3.05, 3.63) is 76.3 Å². The Labute approximate surface area is 131 Å². The minimum absolute atomic E-state index is 0.268. The third-order valence-corrected chi connectivity index (χ3v) is 3.16. The molecule has 4 nitrogen and oxygen atoms in total. The van der Waals surface area contributed by atoms with E-state index in [2.05, 4.69) is 21.1 Å². The molecule has 0 aliphatic carbocycles. The van der Waals surface area contributed by atoms with E-state index in [0.29, 0.717) is 0 Å². The van der Waals surface area contributed by atoms with Gasteiger partial charge in [0.25, 0.3) is 0 Å². The number of hydrogen-bond acceptors (Lipinski definition) is 2. The fraction of sp³-hybridized carbons (Fsp3) is 0. The zero-order valence-electron chi connectivity index (χ0n) is 11.1. The zero-order chi connectivity index (χ0) is 15.1. The number of nitrogen functional groups attached to an aromatic ring is 1. The first kappa shape index (κ1) is 15.0. The van der Waals surface area contributed by atoms with Crippen LogP contribution in [0.25, 0.3) is 6.08 Å². The monoisotopic (exact) mass is 345 g/mol. The first-order valence-electron chi connectivity index (χ1n) is 6.23. The number of rotatable bonds is 4. The van der Waals surface area contributed by atoms with Gasteiger partial charge < -0.3 is 0 Å². The summed E-state index contributed by atoms with van der Waals surface area (Å²) >= 11 is 3.33. The summed E-state index contributed by atoms with van der Waals surface area (Å²) in [4.78, 5) is 16.4. The zero-order valence-corrected chi connectivity index (χ0v) is 12.7. The van der Waals surface area contributed by atoms with E-state index >= 15 is 0 Å². The normalized spacial score (nSPS) is 11.6. The summed E-state index contributed by atoms with van der Waals surface area (Å²) in [6.45, 7) is 0. The van der Waals surface area contributed by atoms with Crippen LogP contribution in [0.5, 0.6) is 0 Å². The predicted molar refractivity (Wildman–Crippen MR) is 85.0 cm³/mol. The number of nitrogens with two attached hydrogens (primary N) is 1. The second-order valence-electron chi connectivity index (χ2n) is 4.19. The van der Waals surface area contributed by atoms with Gasteiger partial charge >= 0.3 is 11.8 Å². The van der Waals surface area contributed by atoms with Gasteiger partial charge in [0.05, 0.1) is 5.56 Å². The predicted octanol–water partition coefficient (Wildman–Crippen LogP) is 1.41. The van der Waals surface area contributed by atoms with Crippen molar-refractivity contribution < 1.29 is 14.8 Å². The van der Waals surface area contributed by atoms with Crippen LogP contribution in [0.3, 0.4) is 0 Å². The Morgan fingerprint density at radius 2 is 1.76 bits per heavy atom. The van der Waals surface area contributed by atoms with Crippen LogP contribution in [0.4, 0.5) is 0 Å². The fourth-order valence-corrected chi connectivity index (χ4v) is 1.82. The number of carbonyl (C=O) groups is 1. The van der Waals surface area contributed by atoms with Crippen molar-refractivity contribution in [1.29, 1.82) is 0 Å². The Morgan fingerprint density at radius 1 is 1.10 bits per heavy atom. The summed E-state index contributed by atoms with van der Waals surface area (Å²) < 4.78 is 0.946. The van der Waals surface area contributed by atoms with Crippen LogP contribution in [0.1, 0.15) is 11.1 Å².